The number of benzene rings is 1. The lowest BCUT2D eigenvalue weighted by Gasteiger charge is -2.12. The summed E-state index contributed by atoms with van der Waals surface area (Å²) in [6.45, 7) is 2.73. The molecule has 0 saturated heterocycles. The minimum atomic E-state index is -0.166. The topological polar surface area (TPSA) is 82.8 Å². The van der Waals surface area contributed by atoms with Gasteiger partial charge in [-0.2, -0.15) is 0 Å². The molecule has 3 rings (SSSR count). The lowest BCUT2D eigenvalue weighted by Crippen LogP contribution is -2.15. The normalized spacial score (nSPS) is 10.7. The molecular weight excluding hydrogens is 380 g/mol. The van der Waals surface area contributed by atoms with Gasteiger partial charge in [0, 0.05) is 24.2 Å². The molecule has 1 aromatic carbocycles. The number of aromatic nitrogens is 1. The van der Waals surface area contributed by atoms with Crippen LogP contribution in [0.5, 0.6) is 11.5 Å². The number of thiazole rings is 1. The number of anilines is 1. The highest BCUT2D eigenvalue weighted by Gasteiger charge is 2.13. The minimum Gasteiger partial charge on any atom is -0.493 e. The van der Waals surface area contributed by atoms with E-state index in [4.69, 9.17) is 18.6 Å². The Kier molecular flexibility index (Phi) is 6.67. The number of aryl methyl sites for hydroxylation is 1. The third kappa shape index (κ3) is 5.11. The number of rotatable bonds is 9. The molecule has 0 aliphatic carbocycles. The molecule has 0 fully saturated rings. The van der Waals surface area contributed by atoms with Crippen LogP contribution < -0.4 is 14.8 Å². The fraction of sp³-hybridized carbons (Fsp3) is 0.300. The van der Waals surface area contributed by atoms with Crippen molar-refractivity contribution in [2.24, 2.45) is 0 Å². The van der Waals surface area contributed by atoms with Crippen molar-refractivity contribution in [1.82, 2.24) is 4.98 Å². The summed E-state index contributed by atoms with van der Waals surface area (Å²) in [6.07, 6.45) is 0.169. The molecular formula is C20H22N2O5S. The highest BCUT2D eigenvalue weighted by molar-refractivity contribution is 7.13. The van der Waals surface area contributed by atoms with Gasteiger partial charge in [-0.1, -0.05) is 0 Å². The van der Waals surface area contributed by atoms with Crippen LogP contribution in [0.25, 0.3) is 10.8 Å². The maximum Gasteiger partial charge on any atom is 0.230 e. The van der Waals surface area contributed by atoms with E-state index in [1.165, 1.54) is 11.3 Å². The van der Waals surface area contributed by atoms with Crippen LogP contribution in [0, 0.1) is 6.92 Å². The van der Waals surface area contributed by atoms with E-state index in [-0.39, 0.29) is 12.3 Å². The van der Waals surface area contributed by atoms with Crippen LogP contribution in [0.1, 0.15) is 11.5 Å². The number of amides is 1. The Morgan fingerprint density at radius 1 is 1.18 bits per heavy atom. The van der Waals surface area contributed by atoms with Gasteiger partial charge in [0.2, 0.25) is 5.91 Å². The number of carbonyl (C=O) groups is 1. The fourth-order valence-electron chi connectivity index (χ4n) is 2.52. The third-order valence-electron chi connectivity index (χ3n) is 3.84. The monoisotopic (exact) mass is 402 g/mol. The van der Waals surface area contributed by atoms with Crippen molar-refractivity contribution in [3.05, 3.63) is 47.2 Å². The van der Waals surface area contributed by atoms with E-state index in [0.717, 1.165) is 10.8 Å². The number of furan rings is 1. The predicted octanol–water partition coefficient (Wildman–Crippen LogP) is 3.93. The molecule has 7 nitrogen and oxygen atoms in total. The Labute approximate surface area is 167 Å². The highest BCUT2D eigenvalue weighted by atomic mass is 32.1. The van der Waals surface area contributed by atoms with Crippen LogP contribution in [0.3, 0.4) is 0 Å². The van der Waals surface area contributed by atoms with Crippen LogP contribution in [0.4, 0.5) is 5.69 Å². The first-order valence-corrected chi connectivity index (χ1v) is 9.58. The van der Waals surface area contributed by atoms with E-state index >= 15 is 0 Å². The second kappa shape index (κ2) is 9.38. The van der Waals surface area contributed by atoms with Crippen molar-refractivity contribution < 1.29 is 23.4 Å². The zero-order chi connectivity index (χ0) is 19.9. The molecule has 1 amide bonds. The van der Waals surface area contributed by atoms with Gasteiger partial charge in [0.1, 0.15) is 12.4 Å². The Bertz CT molecular complexity index is 934. The molecule has 0 bridgehead atoms. The minimum absolute atomic E-state index is 0.166. The molecule has 1 N–H and O–H groups in total. The van der Waals surface area contributed by atoms with Gasteiger partial charge in [0.25, 0.3) is 0 Å². The second-order valence-corrected chi connectivity index (χ2v) is 6.84. The molecule has 8 heteroatoms. The molecule has 0 aliphatic heterocycles. The maximum atomic E-state index is 12.4. The SMILES string of the molecule is COCCOc1cc(NC(=O)Cc2csc(-c3ccc(C)o3)n2)ccc1OC. The van der Waals surface area contributed by atoms with E-state index < -0.39 is 0 Å². The summed E-state index contributed by atoms with van der Waals surface area (Å²) in [5, 5.41) is 5.48. The summed E-state index contributed by atoms with van der Waals surface area (Å²) < 4.78 is 21.5. The zero-order valence-corrected chi connectivity index (χ0v) is 16.8. The second-order valence-electron chi connectivity index (χ2n) is 5.99. The van der Waals surface area contributed by atoms with Gasteiger partial charge >= 0.3 is 0 Å². The van der Waals surface area contributed by atoms with Crippen LogP contribution in [-0.4, -0.2) is 38.3 Å². The number of nitrogens with one attached hydrogen (secondary N) is 1. The van der Waals surface area contributed by atoms with Crippen molar-refractivity contribution in [2.75, 3.05) is 32.8 Å². The van der Waals surface area contributed by atoms with Gasteiger partial charge in [0.15, 0.2) is 22.3 Å². The van der Waals surface area contributed by atoms with E-state index in [0.29, 0.717) is 41.9 Å². The summed E-state index contributed by atoms with van der Waals surface area (Å²) in [7, 11) is 3.17. The molecule has 0 aliphatic rings. The fourth-order valence-corrected chi connectivity index (χ4v) is 3.30. The van der Waals surface area contributed by atoms with Crippen molar-refractivity contribution >= 4 is 22.9 Å². The first-order valence-electron chi connectivity index (χ1n) is 8.70. The third-order valence-corrected chi connectivity index (χ3v) is 4.74. The molecule has 28 heavy (non-hydrogen) atoms. The van der Waals surface area contributed by atoms with E-state index in [1.54, 1.807) is 32.4 Å². The van der Waals surface area contributed by atoms with Gasteiger partial charge in [-0.05, 0) is 31.2 Å². The largest absolute Gasteiger partial charge is 0.493 e. The predicted molar refractivity (Wildman–Crippen MR) is 107 cm³/mol. The Balaban J connectivity index is 1.63. The van der Waals surface area contributed by atoms with Gasteiger partial charge in [-0.25, -0.2) is 4.98 Å². The molecule has 2 heterocycles. The maximum absolute atomic E-state index is 12.4. The number of hydrogen-bond acceptors (Lipinski definition) is 7. The first-order chi connectivity index (χ1) is 13.6. The average Bonchev–Trinajstić information content (AvgIpc) is 3.31. The van der Waals surface area contributed by atoms with Crippen LogP contribution >= 0.6 is 11.3 Å². The smallest absolute Gasteiger partial charge is 0.230 e. The molecule has 0 spiro atoms. The van der Waals surface area contributed by atoms with Gasteiger partial charge in [-0.3, -0.25) is 4.79 Å². The molecule has 0 atom stereocenters. The summed E-state index contributed by atoms with van der Waals surface area (Å²) in [4.78, 5) is 16.9. The Morgan fingerprint density at radius 3 is 2.75 bits per heavy atom. The number of carbonyl (C=O) groups excluding carboxylic acids is 1. The number of hydrogen-bond donors (Lipinski definition) is 1. The van der Waals surface area contributed by atoms with Crippen LogP contribution in [0.15, 0.2) is 40.1 Å². The van der Waals surface area contributed by atoms with Crippen molar-refractivity contribution in [2.45, 2.75) is 13.3 Å². The quantitative estimate of drug-likeness (QED) is 0.546. The van der Waals surface area contributed by atoms with Crippen LogP contribution in [-0.2, 0) is 16.0 Å². The first kappa shape index (κ1) is 19.9. The highest BCUT2D eigenvalue weighted by Crippen LogP contribution is 2.30. The van der Waals surface area contributed by atoms with E-state index in [1.807, 2.05) is 24.4 Å². The average molecular weight is 402 g/mol. The van der Waals surface area contributed by atoms with Crippen molar-refractivity contribution in [3.8, 4) is 22.3 Å². The number of methoxy groups -OCH3 is 2. The summed E-state index contributed by atoms with van der Waals surface area (Å²) in [6, 6.07) is 9.00. The zero-order valence-electron chi connectivity index (χ0n) is 16.0. The lowest BCUT2D eigenvalue weighted by atomic mass is 10.2. The Morgan fingerprint density at radius 2 is 2.04 bits per heavy atom. The number of nitrogens with zero attached hydrogens (tertiary/aromatic N) is 1. The van der Waals surface area contributed by atoms with Crippen LogP contribution in [0.2, 0.25) is 0 Å². The molecule has 2 aromatic heterocycles. The van der Waals surface area contributed by atoms with Gasteiger partial charge in [0.05, 0.1) is 25.8 Å². The van der Waals surface area contributed by atoms with E-state index in [9.17, 15) is 4.79 Å². The van der Waals surface area contributed by atoms with Gasteiger partial charge in [-0.15, -0.1) is 11.3 Å². The lowest BCUT2D eigenvalue weighted by molar-refractivity contribution is -0.115. The van der Waals surface area contributed by atoms with E-state index in [2.05, 4.69) is 10.3 Å². The summed E-state index contributed by atoms with van der Waals surface area (Å²) in [5.41, 5.74) is 1.31. The van der Waals surface area contributed by atoms with Crippen molar-refractivity contribution in [3.63, 3.8) is 0 Å². The molecule has 0 unspecified atom stereocenters. The molecule has 0 saturated carbocycles. The van der Waals surface area contributed by atoms with Crippen molar-refractivity contribution in [1.29, 1.82) is 0 Å². The molecule has 148 valence electrons. The number of ether oxygens (including phenoxy) is 3. The Hall–Kier alpha value is -2.84. The molecule has 3 aromatic rings. The molecule has 0 radical (unpaired) electrons. The summed E-state index contributed by atoms with van der Waals surface area (Å²) >= 11 is 1.45. The van der Waals surface area contributed by atoms with Gasteiger partial charge < -0.3 is 23.9 Å². The summed E-state index contributed by atoms with van der Waals surface area (Å²) in [5.74, 6) is 2.50. The standard InChI is InChI=1S/C20H22N2O5S/c1-13-4-6-17(27-13)20-22-15(12-28-20)11-19(23)21-14-5-7-16(25-3)18(10-14)26-9-8-24-2/h4-7,10,12H,8-9,11H2,1-3H3,(H,21,23).